The average molecular weight is 362 g/mol. The average Bonchev–Trinajstić information content (AvgIpc) is 2.84. The molecule has 2 rings (SSSR count). The zero-order valence-corrected chi connectivity index (χ0v) is 15.9. The van der Waals surface area contributed by atoms with Crippen LogP contribution in [0.1, 0.15) is 56.3 Å². The standard InChI is InChI=1S/C20H30N2O4/c1-3-25-17-11-10-16(15-18(17)26-4-2)20(24)21-12-8-14-22-13-7-5-6-9-19(22)23/h10-11,15H,3-9,12-14H2,1-2H3,(H,21,24). The second-order valence-electron chi connectivity index (χ2n) is 6.33. The van der Waals surface area contributed by atoms with Crippen LogP contribution in [0.2, 0.25) is 0 Å². The van der Waals surface area contributed by atoms with Gasteiger partial charge in [-0.2, -0.15) is 0 Å². The number of likely N-dealkylation sites (tertiary alicyclic amines) is 1. The SMILES string of the molecule is CCOc1ccc(C(=O)NCCCN2CCCCCC2=O)cc1OCC. The molecular formula is C20H30N2O4. The molecule has 0 unspecified atom stereocenters. The van der Waals surface area contributed by atoms with Gasteiger partial charge in [-0.1, -0.05) is 6.42 Å². The molecule has 2 amide bonds. The van der Waals surface area contributed by atoms with Crippen molar-refractivity contribution in [1.82, 2.24) is 10.2 Å². The van der Waals surface area contributed by atoms with Crippen molar-refractivity contribution < 1.29 is 19.1 Å². The van der Waals surface area contributed by atoms with Crippen molar-refractivity contribution in [2.45, 2.75) is 46.0 Å². The fourth-order valence-corrected chi connectivity index (χ4v) is 3.04. The predicted molar refractivity (Wildman–Crippen MR) is 101 cm³/mol. The minimum Gasteiger partial charge on any atom is -0.490 e. The van der Waals surface area contributed by atoms with Crippen LogP contribution in [0, 0.1) is 0 Å². The van der Waals surface area contributed by atoms with E-state index in [0.717, 1.165) is 32.2 Å². The van der Waals surface area contributed by atoms with Gasteiger partial charge < -0.3 is 19.7 Å². The normalized spacial score (nSPS) is 14.7. The number of nitrogens with one attached hydrogen (secondary N) is 1. The molecule has 0 saturated carbocycles. The van der Waals surface area contributed by atoms with Gasteiger partial charge >= 0.3 is 0 Å². The van der Waals surface area contributed by atoms with Gasteiger partial charge in [-0.15, -0.1) is 0 Å². The zero-order valence-electron chi connectivity index (χ0n) is 15.9. The van der Waals surface area contributed by atoms with E-state index in [4.69, 9.17) is 9.47 Å². The monoisotopic (exact) mass is 362 g/mol. The molecule has 0 aromatic heterocycles. The molecule has 1 aliphatic heterocycles. The summed E-state index contributed by atoms with van der Waals surface area (Å²) in [7, 11) is 0. The highest BCUT2D eigenvalue weighted by atomic mass is 16.5. The van der Waals surface area contributed by atoms with E-state index in [1.807, 2.05) is 18.7 Å². The van der Waals surface area contributed by atoms with E-state index in [1.165, 1.54) is 0 Å². The molecule has 1 fully saturated rings. The fourth-order valence-electron chi connectivity index (χ4n) is 3.04. The Kier molecular flexibility index (Phi) is 8.25. The number of hydrogen-bond donors (Lipinski definition) is 1. The second-order valence-corrected chi connectivity index (χ2v) is 6.33. The van der Waals surface area contributed by atoms with E-state index in [9.17, 15) is 9.59 Å². The summed E-state index contributed by atoms with van der Waals surface area (Å²) in [4.78, 5) is 26.2. The quantitative estimate of drug-likeness (QED) is 0.686. The summed E-state index contributed by atoms with van der Waals surface area (Å²) < 4.78 is 11.1. The van der Waals surface area contributed by atoms with E-state index in [0.29, 0.717) is 49.8 Å². The predicted octanol–water partition coefficient (Wildman–Crippen LogP) is 3.01. The number of nitrogens with zero attached hydrogens (tertiary/aromatic N) is 1. The summed E-state index contributed by atoms with van der Waals surface area (Å²) in [6.45, 7) is 6.93. The van der Waals surface area contributed by atoms with Crippen LogP contribution in [0.5, 0.6) is 11.5 Å². The van der Waals surface area contributed by atoms with Crippen LogP contribution in [-0.4, -0.2) is 49.6 Å². The van der Waals surface area contributed by atoms with Gasteiger partial charge in [0, 0.05) is 31.6 Å². The fraction of sp³-hybridized carbons (Fsp3) is 0.600. The van der Waals surface area contributed by atoms with Crippen LogP contribution in [0.15, 0.2) is 18.2 Å². The van der Waals surface area contributed by atoms with Crippen molar-refractivity contribution in [1.29, 1.82) is 0 Å². The second kappa shape index (κ2) is 10.7. The molecule has 0 radical (unpaired) electrons. The smallest absolute Gasteiger partial charge is 0.251 e. The molecular weight excluding hydrogens is 332 g/mol. The van der Waals surface area contributed by atoms with E-state index in [1.54, 1.807) is 18.2 Å². The summed E-state index contributed by atoms with van der Waals surface area (Å²) in [5, 5.41) is 2.92. The number of carbonyl (C=O) groups is 2. The number of benzene rings is 1. The Morgan fingerprint density at radius 3 is 2.65 bits per heavy atom. The lowest BCUT2D eigenvalue weighted by Gasteiger charge is -2.20. The molecule has 144 valence electrons. The lowest BCUT2D eigenvalue weighted by molar-refractivity contribution is -0.130. The first-order valence-electron chi connectivity index (χ1n) is 9.61. The Morgan fingerprint density at radius 1 is 1.12 bits per heavy atom. The Bertz CT molecular complexity index is 603. The Balaban J connectivity index is 1.83. The van der Waals surface area contributed by atoms with Gasteiger partial charge in [0.05, 0.1) is 13.2 Å². The third-order valence-corrected chi connectivity index (χ3v) is 4.37. The summed E-state index contributed by atoms with van der Waals surface area (Å²) >= 11 is 0. The van der Waals surface area contributed by atoms with Crippen molar-refractivity contribution in [2.75, 3.05) is 32.8 Å². The number of rotatable bonds is 9. The van der Waals surface area contributed by atoms with Crippen molar-refractivity contribution >= 4 is 11.8 Å². The van der Waals surface area contributed by atoms with E-state index in [2.05, 4.69) is 5.32 Å². The van der Waals surface area contributed by atoms with Crippen molar-refractivity contribution in [2.24, 2.45) is 0 Å². The summed E-state index contributed by atoms with van der Waals surface area (Å²) in [6, 6.07) is 5.21. The highest BCUT2D eigenvalue weighted by Crippen LogP contribution is 2.28. The maximum absolute atomic E-state index is 12.4. The minimum atomic E-state index is -0.142. The Labute approximate surface area is 155 Å². The molecule has 6 heteroatoms. The molecule has 1 aliphatic rings. The number of amides is 2. The van der Waals surface area contributed by atoms with E-state index in [-0.39, 0.29) is 11.8 Å². The van der Waals surface area contributed by atoms with E-state index >= 15 is 0 Å². The van der Waals surface area contributed by atoms with Gasteiger partial charge in [0.1, 0.15) is 0 Å². The van der Waals surface area contributed by atoms with Crippen LogP contribution in [0.25, 0.3) is 0 Å². The van der Waals surface area contributed by atoms with E-state index < -0.39 is 0 Å². The Morgan fingerprint density at radius 2 is 1.88 bits per heavy atom. The number of carbonyl (C=O) groups excluding carboxylic acids is 2. The van der Waals surface area contributed by atoms with Crippen molar-refractivity contribution in [3.05, 3.63) is 23.8 Å². The molecule has 0 aliphatic carbocycles. The van der Waals surface area contributed by atoms with Gasteiger partial charge in [0.25, 0.3) is 5.91 Å². The molecule has 1 heterocycles. The largest absolute Gasteiger partial charge is 0.490 e. The number of hydrogen-bond acceptors (Lipinski definition) is 4. The maximum Gasteiger partial charge on any atom is 0.251 e. The molecule has 0 bridgehead atoms. The van der Waals surface area contributed by atoms with Gasteiger partial charge in [-0.25, -0.2) is 0 Å². The topological polar surface area (TPSA) is 67.9 Å². The summed E-state index contributed by atoms with van der Waals surface area (Å²) in [5.74, 6) is 1.32. The van der Waals surface area contributed by atoms with Crippen LogP contribution < -0.4 is 14.8 Å². The summed E-state index contributed by atoms with van der Waals surface area (Å²) in [5.41, 5.74) is 0.544. The van der Waals surface area contributed by atoms with Gasteiger partial charge in [-0.3, -0.25) is 9.59 Å². The van der Waals surface area contributed by atoms with Crippen LogP contribution in [0.3, 0.4) is 0 Å². The third-order valence-electron chi connectivity index (χ3n) is 4.37. The van der Waals surface area contributed by atoms with Crippen LogP contribution in [0.4, 0.5) is 0 Å². The molecule has 1 N–H and O–H groups in total. The molecule has 1 aromatic rings. The zero-order chi connectivity index (χ0) is 18.8. The molecule has 0 spiro atoms. The van der Waals surface area contributed by atoms with Crippen LogP contribution >= 0.6 is 0 Å². The molecule has 26 heavy (non-hydrogen) atoms. The lowest BCUT2D eigenvalue weighted by atomic mass is 10.2. The molecule has 1 saturated heterocycles. The highest BCUT2D eigenvalue weighted by Gasteiger charge is 2.16. The minimum absolute atomic E-state index is 0.142. The first kappa shape index (κ1) is 20.1. The van der Waals surface area contributed by atoms with Crippen LogP contribution in [-0.2, 0) is 4.79 Å². The molecule has 0 atom stereocenters. The molecule has 1 aromatic carbocycles. The highest BCUT2D eigenvalue weighted by molar-refractivity contribution is 5.94. The van der Waals surface area contributed by atoms with Gasteiger partial charge in [-0.05, 0) is 51.3 Å². The first-order valence-corrected chi connectivity index (χ1v) is 9.61. The lowest BCUT2D eigenvalue weighted by Crippen LogP contribution is -2.34. The first-order chi connectivity index (χ1) is 12.7. The van der Waals surface area contributed by atoms with Crippen molar-refractivity contribution in [3.8, 4) is 11.5 Å². The van der Waals surface area contributed by atoms with Gasteiger partial charge in [0.2, 0.25) is 5.91 Å². The Hall–Kier alpha value is -2.24. The van der Waals surface area contributed by atoms with Gasteiger partial charge in [0.15, 0.2) is 11.5 Å². The molecule has 6 nitrogen and oxygen atoms in total. The third kappa shape index (κ3) is 5.93. The van der Waals surface area contributed by atoms with Crippen molar-refractivity contribution in [3.63, 3.8) is 0 Å². The number of ether oxygens (including phenoxy) is 2. The maximum atomic E-state index is 12.4. The summed E-state index contributed by atoms with van der Waals surface area (Å²) in [6.07, 6.45) is 4.60.